The third-order valence-electron chi connectivity index (χ3n) is 3.32. The molecule has 9 heteroatoms. The lowest BCUT2D eigenvalue weighted by Crippen LogP contribution is -2.31. The molecule has 0 atom stereocenters. The number of nitro benzene ring substituents is 1. The Hall–Kier alpha value is -2.94. The van der Waals surface area contributed by atoms with Gasteiger partial charge >= 0.3 is 0 Å². The number of methoxy groups -OCH3 is 1. The molecule has 0 saturated heterocycles. The van der Waals surface area contributed by atoms with E-state index in [2.05, 4.69) is 4.99 Å². The van der Waals surface area contributed by atoms with E-state index >= 15 is 0 Å². The van der Waals surface area contributed by atoms with E-state index < -0.39 is 14.9 Å². The number of hydrogen-bond acceptors (Lipinski definition) is 6. The van der Waals surface area contributed by atoms with Crippen LogP contribution in [0.4, 0.5) is 17.1 Å². The van der Waals surface area contributed by atoms with Gasteiger partial charge in [-0.25, -0.2) is 17.7 Å². The molecule has 0 N–H and O–H groups in total. The Labute approximate surface area is 131 Å². The average molecular weight is 333 g/mol. The highest BCUT2D eigenvalue weighted by molar-refractivity contribution is 7.93. The number of rotatable bonds is 3. The maximum absolute atomic E-state index is 12.7. The first-order valence-electron chi connectivity index (χ1n) is 6.44. The quantitative estimate of drug-likeness (QED) is 0.634. The normalized spacial score (nSPS) is 15.1. The van der Waals surface area contributed by atoms with E-state index in [4.69, 9.17) is 4.74 Å². The molecule has 118 valence electrons. The fourth-order valence-electron chi connectivity index (χ4n) is 2.15. The lowest BCUT2D eigenvalue weighted by Gasteiger charge is -2.24. The topological polar surface area (TPSA) is 102 Å². The van der Waals surface area contributed by atoms with Crippen molar-refractivity contribution in [2.75, 3.05) is 11.4 Å². The molecule has 0 unspecified atom stereocenters. The molecule has 0 saturated carbocycles. The van der Waals surface area contributed by atoms with Crippen molar-refractivity contribution in [2.45, 2.75) is 4.90 Å². The van der Waals surface area contributed by atoms with E-state index in [-0.39, 0.29) is 22.0 Å². The summed E-state index contributed by atoms with van der Waals surface area (Å²) in [6.07, 6.45) is 1.16. The summed E-state index contributed by atoms with van der Waals surface area (Å²) in [7, 11) is -2.36. The van der Waals surface area contributed by atoms with Crippen LogP contribution in [0.1, 0.15) is 0 Å². The van der Waals surface area contributed by atoms with Crippen LogP contribution < -0.4 is 9.04 Å². The first kappa shape index (κ1) is 15.0. The molecule has 2 aromatic carbocycles. The van der Waals surface area contributed by atoms with Crippen LogP contribution in [0.25, 0.3) is 0 Å². The Morgan fingerprint density at radius 3 is 2.48 bits per heavy atom. The maximum Gasteiger partial charge on any atom is 0.271 e. The Morgan fingerprint density at radius 1 is 1.17 bits per heavy atom. The number of sulfonamides is 1. The molecule has 2 aromatic rings. The lowest BCUT2D eigenvalue weighted by atomic mass is 10.3. The van der Waals surface area contributed by atoms with Gasteiger partial charge in [0.05, 0.1) is 23.4 Å². The van der Waals surface area contributed by atoms with E-state index in [1.54, 1.807) is 0 Å². The predicted octanol–water partition coefficient (Wildman–Crippen LogP) is 2.47. The molecule has 1 aliphatic heterocycles. The van der Waals surface area contributed by atoms with Crippen molar-refractivity contribution in [1.82, 2.24) is 0 Å². The summed E-state index contributed by atoms with van der Waals surface area (Å²) in [5.74, 6) is 0.500. The molecule has 0 aromatic heterocycles. The van der Waals surface area contributed by atoms with Crippen LogP contribution in [0.15, 0.2) is 52.4 Å². The largest absolute Gasteiger partial charge is 0.497 e. The fraction of sp³-hybridized carbons (Fsp3) is 0.0714. The summed E-state index contributed by atoms with van der Waals surface area (Å²) in [6, 6.07) is 9.66. The molecule has 1 heterocycles. The number of nitrogens with zero attached hydrogens (tertiary/aromatic N) is 3. The molecular formula is C14H11N3O5S. The smallest absolute Gasteiger partial charge is 0.271 e. The number of benzene rings is 2. The minimum atomic E-state index is -3.84. The maximum atomic E-state index is 12.7. The number of fused-ring (bicyclic) bond motifs is 1. The molecule has 23 heavy (non-hydrogen) atoms. The van der Waals surface area contributed by atoms with Crippen molar-refractivity contribution in [2.24, 2.45) is 4.99 Å². The third-order valence-corrected chi connectivity index (χ3v) is 5.04. The standard InChI is InChI=1S/C14H11N3O5S/c1-22-12-6-7-14-13(8-12)15-9-16(23(14,20)21)10-2-4-11(5-3-10)17(18)19/h2-9H,1H3. The van der Waals surface area contributed by atoms with Gasteiger partial charge in [-0.1, -0.05) is 0 Å². The summed E-state index contributed by atoms with van der Waals surface area (Å²) in [5.41, 5.74) is 0.425. The molecule has 0 bridgehead atoms. The zero-order valence-corrected chi connectivity index (χ0v) is 12.7. The highest BCUT2D eigenvalue weighted by Gasteiger charge is 2.30. The molecule has 0 aliphatic carbocycles. The number of aliphatic imine (C=N–C) groups is 1. The second-order valence-corrected chi connectivity index (χ2v) is 6.44. The van der Waals surface area contributed by atoms with Crippen LogP contribution in [0.5, 0.6) is 5.75 Å². The van der Waals surface area contributed by atoms with Crippen LogP contribution in [0.3, 0.4) is 0 Å². The summed E-state index contributed by atoms with van der Waals surface area (Å²) < 4.78 is 31.4. The number of hydrogen-bond donors (Lipinski definition) is 0. The molecule has 0 radical (unpaired) electrons. The van der Waals surface area contributed by atoms with Gasteiger partial charge in [-0.2, -0.15) is 0 Å². The van der Waals surface area contributed by atoms with E-state index in [9.17, 15) is 18.5 Å². The molecule has 0 amide bonds. The van der Waals surface area contributed by atoms with E-state index in [1.807, 2.05) is 0 Å². The van der Waals surface area contributed by atoms with Gasteiger partial charge in [0, 0.05) is 18.2 Å². The van der Waals surface area contributed by atoms with Crippen LogP contribution in [-0.2, 0) is 10.0 Å². The van der Waals surface area contributed by atoms with Crippen molar-refractivity contribution in [3.63, 3.8) is 0 Å². The zero-order chi connectivity index (χ0) is 16.6. The fourth-order valence-corrected chi connectivity index (χ4v) is 3.55. The predicted molar refractivity (Wildman–Crippen MR) is 83.9 cm³/mol. The number of nitro groups is 1. The van der Waals surface area contributed by atoms with Gasteiger partial charge in [0.15, 0.2) is 0 Å². The van der Waals surface area contributed by atoms with Gasteiger partial charge in [-0.3, -0.25) is 10.1 Å². The highest BCUT2D eigenvalue weighted by atomic mass is 32.2. The minimum Gasteiger partial charge on any atom is -0.497 e. The second-order valence-electron chi connectivity index (χ2n) is 4.65. The molecule has 0 fully saturated rings. The van der Waals surface area contributed by atoms with Crippen LogP contribution in [0, 0.1) is 10.1 Å². The van der Waals surface area contributed by atoms with Gasteiger partial charge in [0.25, 0.3) is 15.7 Å². The van der Waals surface area contributed by atoms with Crippen molar-refractivity contribution in [1.29, 1.82) is 0 Å². The van der Waals surface area contributed by atoms with E-state index in [1.165, 1.54) is 49.6 Å². The summed E-state index contributed by atoms with van der Waals surface area (Å²) in [5, 5.41) is 10.7. The number of anilines is 1. The van der Waals surface area contributed by atoms with Crippen molar-refractivity contribution in [3.8, 4) is 5.75 Å². The Morgan fingerprint density at radius 2 is 1.87 bits per heavy atom. The van der Waals surface area contributed by atoms with Gasteiger partial charge in [0.1, 0.15) is 17.0 Å². The van der Waals surface area contributed by atoms with Gasteiger partial charge in [0.2, 0.25) is 0 Å². The summed E-state index contributed by atoms with van der Waals surface area (Å²) in [4.78, 5) is 14.3. The van der Waals surface area contributed by atoms with Crippen molar-refractivity contribution >= 4 is 33.4 Å². The first-order valence-corrected chi connectivity index (χ1v) is 7.88. The lowest BCUT2D eigenvalue weighted by molar-refractivity contribution is -0.384. The minimum absolute atomic E-state index is 0.0409. The molecule has 8 nitrogen and oxygen atoms in total. The molecular weight excluding hydrogens is 322 g/mol. The SMILES string of the molecule is COc1ccc2c(c1)N=CN(c1ccc([N+](=O)[O-])cc1)S2(=O)=O. The van der Waals surface area contributed by atoms with Crippen LogP contribution in [0.2, 0.25) is 0 Å². The monoisotopic (exact) mass is 333 g/mol. The third kappa shape index (κ3) is 2.50. The molecule has 3 rings (SSSR count). The van der Waals surface area contributed by atoms with Crippen LogP contribution in [-0.4, -0.2) is 26.8 Å². The van der Waals surface area contributed by atoms with E-state index in [0.29, 0.717) is 5.75 Å². The van der Waals surface area contributed by atoms with Gasteiger partial charge < -0.3 is 4.74 Å². The van der Waals surface area contributed by atoms with Gasteiger partial charge in [-0.15, -0.1) is 0 Å². The zero-order valence-electron chi connectivity index (χ0n) is 11.9. The first-order chi connectivity index (χ1) is 10.9. The van der Waals surface area contributed by atoms with Gasteiger partial charge in [-0.05, 0) is 24.3 Å². The van der Waals surface area contributed by atoms with Crippen LogP contribution >= 0.6 is 0 Å². The highest BCUT2D eigenvalue weighted by Crippen LogP contribution is 2.35. The van der Waals surface area contributed by atoms with E-state index in [0.717, 1.165) is 10.6 Å². The summed E-state index contributed by atoms with van der Waals surface area (Å²) >= 11 is 0. The Bertz CT molecular complexity index is 907. The Balaban J connectivity index is 2.05. The summed E-state index contributed by atoms with van der Waals surface area (Å²) in [6.45, 7) is 0. The molecule has 0 spiro atoms. The average Bonchev–Trinajstić information content (AvgIpc) is 2.54. The number of non-ortho nitro benzene ring substituents is 1. The molecule has 1 aliphatic rings. The second kappa shape index (κ2) is 5.36. The van der Waals surface area contributed by atoms with Crippen molar-refractivity contribution < 1.29 is 18.1 Å². The number of ether oxygens (including phenoxy) is 1. The van der Waals surface area contributed by atoms with Crippen molar-refractivity contribution in [3.05, 3.63) is 52.6 Å². The Kier molecular flexibility index (Phi) is 3.49.